The lowest BCUT2D eigenvalue weighted by atomic mass is 10.2. The number of anilines is 1. The molecule has 1 aromatic rings. The third-order valence-electron chi connectivity index (χ3n) is 2.71. The Balaban J connectivity index is 2.10. The van der Waals surface area contributed by atoms with Crippen LogP contribution >= 0.6 is 0 Å². The van der Waals surface area contributed by atoms with Crippen molar-refractivity contribution in [2.45, 2.75) is 25.7 Å². The van der Waals surface area contributed by atoms with Crippen LogP contribution in [-0.4, -0.2) is 23.1 Å². The van der Waals surface area contributed by atoms with Gasteiger partial charge in [-0.15, -0.1) is 0 Å². The second kappa shape index (κ2) is 4.74. The summed E-state index contributed by atoms with van der Waals surface area (Å²) in [5.41, 5.74) is 1.04. The molecule has 1 fully saturated rings. The lowest BCUT2D eigenvalue weighted by Crippen LogP contribution is -2.24. The number of hydrogen-bond acceptors (Lipinski definition) is 4. The highest BCUT2D eigenvalue weighted by Crippen LogP contribution is 2.17. The van der Waals surface area contributed by atoms with E-state index in [2.05, 4.69) is 14.9 Å². The van der Waals surface area contributed by atoms with E-state index in [9.17, 15) is 0 Å². The molecule has 0 saturated carbocycles. The van der Waals surface area contributed by atoms with Crippen LogP contribution in [0.3, 0.4) is 0 Å². The largest absolute Gasteiger partial charge is 0.369 e. The first-order valence-electron chi connectivity index (χ1n) is 5.37. The minimum absolute atomic E-state index is 0.244. The molecule has 1 saturated heterocycles. The van der Waals surface area contributed by atoms with Crippen molar-refractivity contribution in [3.63, 3.8) is 0 Å². The highest BCUT2D eigenvalue weighted by Gasteiger charge is 2.10. The maximum absolute atomic E-state index is 8.60. The van der Waals surface area contributed by atoms with Gasteiger partial charge in [0.05, 0.1) is 18.1 Å². The molecule has 1 aromatic heterocycles. The van der Waals surface area contributed by atoms with Gasteiger partial charge in [0.15, 0.2) is 0 Å². The standard InChI is InChI=1S/C11H14N4/c12-7-11-13-8-10(9-14-11)15-5-3-1-2-4-6-15/h8-9H,1-6H2. The normalized spacial score (nSPS) is 16.9. The molecule has 1 aliphatic heterocycles. The maximum atomic E-state index is 8.60. The van der Waals surface area contributed by atoms with Crippen molar-refractivity contribution in [2.24, 2.45) is 0 Å². The van der Waals surface area contributed by atoms with Crippen molar-refractivity contribution < 1.29 is 0 Å². The average Bonchev–Trinajstić information content (AvgIpc) is 2.58. The fourth-order valence-electron chi connectivity index (χ4n) is 1.87. The average molecular weight is 202 g/mol. The van der Waals surface area contributed by atoms with Crippen molar-refractivity contribution in [3.8, 4) is 6.07 Å². The minimum Gasteiger partial charge on any atom is -0.369 e. The van der Waals surface area contributed by atoms with E-state index in [0.29, 0.717) is 0 Å². The topological polar surface area (TPSA) is 52.8 Å². The van der Waals surface area contributed by atoms with E-state index in [-0.39, 0.29) is 5.82 Å². The van der Waals surface area contributed by atoms with E-state index in [1.54, 1.807) is 12.4 Å². The summed E-state index contributed by atoms with van der Waals surface area (Å²) in [5.74, 6) is 0.244. The van der Waals surface area contributed by atoms with E-state index in [1.165, 1.54) is 25.7 Å². The maximum Gasteiger partial charge on any atom is 0.232 e. The summed E-state index contributed by atoms with van der Waals surface area (Å²) in [6, 6.07) is 1.93. The van der Waals surface area contributed by atoms with Gasteiger partial charge < -0.3 is 4.90 Å². The predicted molar refractivity (Wildman–Crippen MR) is 57.4 cm³/mol. The fourth-order valence-corrected chi connectivity index (χ4v) is 1.87. The van der Waals surface area contributed by atoms with Crippen LogP contribution in [0.15, 0.2) is 12.4 Å². The monoisotopic (exact) mass is 202 g/mol. The highest BCUT2D eigenvalue weighted by molar-refractivity contribution is 5.42. The van der Waals surface area contributed by atoms with Gasteiger partial charge in [-0.25, -0.2) is 9.97 Å². The Bertz CT molecular complexity index is 344. The van der Waals surface area contributed by atoms with E-state index in [0.717, 1.165) is 18.8 Å². The third kappa shape index (κ3) is 2.44. The van der Waals surface area contributed by atoms with Crippen molar-refractivity contribution in [1.82, 2.24) is 9.97 Å². The predicted octanol–water partition coefficient (Wildman–Crippen LogP) is 1.73. The SMILES string of the molecule is N#Cc1ncc(N2CCCCCC2)cn1. The summed E-state index contributed by atoms with van der Waals surface area (Å²) in [5, 5.41) is 8.60. The van der Waals surface area contributed by atoms with Crippen LogP contribution in [0.1, 0.15) is 31.5 Å². The van der Waals surface area contributed by atoms with Gasteiger partial charge in [0.2, 0.25) is 5.82 Å². The van der Waals surface area contributed by atoms with E-state index >= 15 is 0 Å². The third-order valence-corrected chi connectivity index (χ3v) is 2.71. The molecule has 0 N–H and O–H groups in total. The van der Waals surface area contributed by atoms with Crippen LogP contribution in [0.5, 0.6) is 0 Å². The smallest absolute Gasteiger partial charge is 0.232 e. The van der Waals surface area contributed by atoms with E-state index in [1.807, 2.05) is 6.07 Å². The molecule has 0 bridgehead atoms. The van der Waals surface area contributed by atoms with E-state index in [4.69, 9.17) is 5.26 Å². The van der Waals surface area contributed by atoms with Crippen LogP contribution in [0, 0.1) is 11.3 Å². The first-order valence-corrected chi connectivity index (χ1v) is 5.37. The molecule has 0 aromatic carbocycles. The molecule has 15 heavy (non-hydrogen) atoms. The Labute approximate surface area is 89.6 Å². The molecule has 0 spiro atoms. The molecule has 0 amide bonds. The Hall–Kier alpha value is -1.63. The van der Waals surface area contributed by atoms with Gasteiger partial charge in [0.25, 0.3) is 0 Å². The second-order valence-electron chi connectivity index (χ2n) is 3.78. The second-order valence-corrected chi connectivity index (χ2v) is 3.78. The van der Waals surface area contributed by atoms with Gasteiger partial charge in [-0.1, -0.05) is 12.8 Å². The lowest BCUT2D eigenvalue weighted by Gasteiger charge is -2.21. The Kier molecular flexibility index (Phi) is 3.13. The van der Waals surface area contributed by atoms with Gasteiger partial charge in [-0.05, 0) is 12.8 Å². The molecule has 78 valence electrons. The summed E-state index contributed by atoms with van der Waals surface area (Å²) in [6.45, 7) is 2.16. The minimum atomic E-state index is 0.244. The van der Waals surface area contributed by atoms with Crippen LogP contribution in [-0.2, 0) is 0 Å². The van der Waals surface area contributed by atoms with Crippen molar-refractivity contribution in [3.05, 3.63) is 18.2 Å². The first-order chi connectivity index (χ1) is 7.40. The van der Waals surface area contributed by atoms with Crippen molar-refractivity contribution in [2.75, 3.05) is 18.0 Å². The summed E-state index contributed by atoms with van der Waals surface area (Å²) < 4.78 is 0. The first kappa shape index (κ1) is 9.91. The number of aromatic nitrogens is 2. The van der Waals surface area contributed by atoms with Gasteiger partial charge in [0, 0.05) is 13.1 Å². The Morgan fingerprint density at radius 1 is 1.07 bits per heavy atom. The number of nitriles is 1. The molecule has 0 atom stereocenters. The lowest BCUT2D eigenvalue weighted by molar-refractivity contribution is 0.726. The summed E-state index contributed by atoms with van der Waals surface area (Å²) >= 11 is 0. The molecule has 2 heterocycles. The number of hydrogen-bond donors (Lipinski definition) is 0. The zero-order valence-electron chi connectivity index (χ0n) is 8.69. The number of rotatable bonds is 1. The molecule has 2 rings (SSSR count). The summed E-state index contributed by atoms with van der Waals surface area (Å²) in [4.78, 5) is 10.3. The van der Waals surface area contributed by atoms with Crippen molar-refractivity contribution in [1.29, 1.82) is 5.26 Å². The van der Waals surface area contributed by atoms with Crippen LogP contribution in [0.25, 0.3) is 0 Å². The molecule has 0 unspecified atom stereocenters. The molecule has 0 aliphatic carbocycles. The Morgan fingerprint density at radius 2 is 1.67 bits per heavy atom. The summed E-state index contributed by atoms with van der Waals surface area (Å²) in [6.07, 6.45) is 8.59. The molecular formula is C11H14N4. The molecule has 4 heteroatoms. The highest BCUT2D eigenvalue weighted by atomic mass is 15.1. The van der Waals surface area contributed by atoms with Crippen LogP contribution in [0.4, 0.5) is 5.69 Å². The van der Waals surface area contributed by atoms with Gasteiger partial charge >= 0.3 is 0 Å². The van der Waals surface area contributed by atoms with Crippen LogP contribution < -0.4 is 4.90 Å². The summed E-state index contributed by atoms with van der Waals surface area (Å²) in [7, 11) is 0. The van der Waals surface area contributed by atoms with Crippen molar-refractivity contribution >= 4 is 5.69 Å². The molecule has 1 aliphatic rings. The van der Waals surface area contributed by atoms with Gasteiger partial charge in [0.1, 0.15) is 6.07 Å². The zero-order chi connectivity index (χ0) is 10.5. The Morgan fingerprint density at radius 3 is 2.20 bits per heavy atom. The zero-order valence-corrected chi connectivity index (χ0v) is 8.69. The quantitative estimate of drug-likeness (QED) is 0.696. The van der Waals surface area contributed by atoms with Gasteiger partial charge in [-0.3, -0.25) is 0 Å². The molecule has 0 radical (unpaired) electrons. The van der Waals surface area contributed by atoms with E-state index < -0.39 is 0 Å². The molecular weight excluding hydrogens is 188 g/mol. The van der Waals surface area contributed by atoms with Crippen LogP contribution in [0.2, 0.25) is 0 Å². The fraction of sp³-hybridized carbons (Fsp3) is 0.545. The number of nitrogens with zero attached hydrogens (tertiary/aromatic N) is 4. The molecule has 4 nitrogen and oxygen atoms in total. The van der Waals surface area contributed by atoms with Gasteiger partial charge in [-0.2, -0.15) is 5.26 Å².